The van der Waals surface area contributed by atoms with Crippen molar-refractivity contribution in [2.75, 3.05) is 19.6 Å². The van der Waals surface area contributed by atoms with E-state index in [0.29, 0.717) is 5.56 Å². The van der Waals surface area contributed by atoms with E-state index in [2.05, 4.69) is 11.0 Å². The van der Waals surface area contributed by atoms with E-state index in [4.69, 9.17) is 0 Å². The summed E-state index contributed by atoms with van der Waals surface area (Å²) in [5.74, 6) is 1.60. The predicted molar refractivity (Wildman–Crippen MR) is 104 cm³/mol. The molecule has 2 aliphatic rings. The molecule has 0 spiro atoms. The largest absolute Gasteiger partial charge is 0.507 e. The Bertz CT molecular complexity index is 748. The van der Waals surface area contributed by atoms with Gasteiger partial charge in [-0.2, -0.15) is 0 Å². The normalized spacial score (nSPS) is 19.0. The summed E-state index contributed by atoms with van der Waals surface area (Å²) >= 11 is 0. The molecule has 0 amide bonds. The number of nitrogens with zero attached hydrogens (tertiary/aromatic N) is 1. The quantitative estimate of drug-likeness (QED) is 0.766. The van der Waals surface area contributed by atoms with E-state index < -0.39 is 0 Å². The first-order valence-corrected chi connectivity index (χ1v) is 9.98. The van der Waals surface area contributed by atoms with Crippen LogP contribution in [0.25, 0.3) is 11.1 Å². The van der Waals surface area contributed by atoms with Gasteiger partial charge in [0.25, 0.3) is 0 Å². The Morgan fingerprint density at radius 1 is 0.923 bits per heavy atom. The van der Waals surface area contributed by atoms with Gasteiger partial charge in [-0.1, -0.05) is 24.3 Å². The Kier molecular flexibility index (Phi) is 5.26. The molecule has 1 N–H and O–H groups in total. The summed E-state index contributed by atoms with van der Waals surface area (Å²) in [5.41, 5.74) is 2.75. The number of aryl methyl sites for hydroxylation is 1. The molecule has 2 aromatic rings. The van der Waals surface area contributed by atoms with Gasteiger partial charge in [0.05, 0.1) is 0 Å². The number of aromatic hydroxyl groups is 1. The van der Waals surface area contributed by atoms with E-state index in [0.717, 1.165) is 23.8 Å². The van der Waals surface area contributed by atoms with Gasteiger partial charge in [-0.25, -0.2) is 4.39 Å². The number of phenols is 1. The van der Waals surface area contributed by atoms with E-state index in [1.807, 2.05) is 18.2 Å². The van der Waals surface area contributed by atoms with Crippen LogP contribution in [0, 0.1) is 17.7 Å². The molecule has 0 atom stereocenters. The number of halogens is 1. The fraction of sp³-hybridized carbons (Fsp3) is 0.478. The van der Waals surface area contributed by atoms with Crippen LogP contribution in [0.4, 0.5) is 4.39 Å². The number of rotatable bonds is 6. The summed E-state index contributed by atoms with van der Waals surface area (Å²) in [6.45, 7) is 3.80. The minimum atomic E-state index is -0.310. The molecule has 0 radical (unpaired) electrons. The zero-order valence-corrected chi connectivity index (χ0v) is 15.3. The molecule has 1 heterocycles. The molecule has 0 bridgehead atoms. The maximum absolute atomic E-state index is 13.7. The lowest BCUT2D eigenvalue weighted by Crippen LogP contribution is -2.35. The average molecular weight is 353 g/mol. The second-order valence-corrected chi connectivity index (χ2v) is 8.04. The second-order valence-electron chi connectivity index (χ2n) is 8.04. The number of piperidine rings is 1. The lowest BCUT2D eigenvalue weighted by atomic mass is 9.88. The summed E-state index contributed by atoms with van der Waals surface area (Å²) in [6.07, 6.45) is 7.61. The molecule has 3 heteroatoms. The van der Waals surface area contributed by atoms with Crippen molar-refractivity contribution in [2.45, 2.75) is 38.5 Å². The Balaban J connectivity index is 1.39. The van der Waals surface area contributed by atoms with Crippen molar-refractivity contribution in [1.82, 2.24) is 4.90 Å². The maximum Gasteiger partial charge on any atom is 0.124 e. The fourth-order valence-corrected chi connectivity index (χ4v) is 4.21. The lowest BCUT2D eigenvalue weighted by molar-refractivity contribution is 0.173. The number of phenolic OH excluding ortho intramolecular Hbond substituents is 1. The van der Waals surface area contributed by atoms with Gasteiger partial charge < -0.3 is 10.0 Å². The third-order valence-electron chi connectivity index (χ3n) is 6.01. The highest BCUT2D eigenvalue weighted by molar-refractivity contribution is 5.73. The SMILES string of the molecule is Oc1ccc(F)cc1-c1ccccc1CCC1CCN(CC2CC2)CC1. The summed E-state index contributed by atoms with van der Waals surface area (Å²) in [5, 5.41) is 10.2. The summed E-state index contributed by atoms with van der Waals surface area (Å²) in [7, 11) is 0. The van der Waals surface area contributed by atoms with Crippen LogP contribution < -0.4 is 0 Å². The van der Waals surface area contributed by atoms with Crippen molar-refractivity contribution in [2.24, 2.45) is 11.8 Å². The van der Waals surface area contributed by atoms with Gasteiger partial charge in [-0.15, -0.1) is 0 Å². The molecular weight excluding hydrogens is 325 g/mol. The summed E-state index contributed by atoms with van der Waals surface area (Å²) in [4.78, 5) is 2.65. The highest BCUT2D eigenvalue weighted by atomic mass is 19.1. The third kappa shape index (κ3) is 4.27. The van der Waals surface area contributed by atoms with Crippen molar-refractivity contribution in [1.29, 1.82) is 0 Å². The van der Waals surface area contributed by atoms with Gasteiger partial charge in [-0.05, 0) is 92.8 Å². The van der Waals surface area contributed by atoms with Gasteiger partial charge in [-0.3, -0.25) is 0 Å². The first kappa shape index (κ1) is 17.5. The summed E-state index contributed by atoms with van der Waals surface area (Å²) < 4.78 is 13.7. The van der Waals surface area contributed by atoms with E-state index in [1.165, 1.54) is 75.5 Å². The van der Waals surface area contributed by atoms with Gasteiger partial charge in [0, 0.05) is 12.1 Å². The van der Waals surface area contributed by atoms with E-state index in [1.54, 1.807) is 0 Å². The van der Waals surface area contributed by atoms with Crippen LogP contribution in [-0.4, -0.2) is 29.6 Å². The zero-order valence-electron chi connectivity index (χ0n) is 15.3. The first-order valence-electron chi connectivity index (χ1n) is 9.98. The molecule has 26 heavy (non-hydrogen) atoms. The van der Waals surface area contributed by atoms with Crippen LogP contribution in [0.3, 0.4) is 0 Å². The number of hydrogen-bond donors (Lipinski definition) is 1. The van der Waals surface area contributed by atoms with Gasteiger partial charge in [0.1, 0.15) is 11.6 Å². The second kappa shape index (κ2) is 7.79. The monoisotopic (exact) mass is 353 g/mol. The lowest BCUT2D eigenvalue weighted by Gasteiger charge is -2.32. The van der Waals surface area contributed by atoms with Crippen molar-refractivity contribution in [3.05, 3.63) is 53.8 Å². The Labute approximate surface area is 155 Å². The highest BCUT2D eigenvalue weighted by Crippen LogP contribution is 2.34. The van der Waals surface area contributed by atoms with Crippen molar-refractivity contribution >= 4 is 0 Å². The topological polar surface area (TPSA) is 23.5 Å². The maximum atomic E-state index is 13.7. The predicted octanol–water partition coefficient (Wildman–Crippen LogP) is 5.25. The van der Waals surface area contributed by atoms with Crippen LogP contribution >= 0.6 is 0 Å². The molecule has 0 unspecified atom stereocenters. The van der Waals surface area contributed by atoms with Crippen LogP contribution in [0.1, 0.15) is 37.7 Å². The Morgan fingerprint density at radius 3 is 2.46 bits per heavy atom. The standard InChI is InChI=1S/C23H28FNO/c24-20-9-10-23(26)22(15-20)21-4-2-1-3-19(21)8-7-17-11-13-25(14-12-17)16-18-5-6-18/h1-4,9-10,15,17-18,26H,5-8,11-14,16H2. The summed E-state index contributed by atoms with van der Waals surface area (Å²) in [6, 6.07) is 12.3. The van der Waals surface area contributed by atoms with Gasteiger partial charge in [0.2, 0.25) is 0 Å². The Hall–Kier alpha value is -1.87. The smallest absolute Gasteiger partial charge is 0.124 e. The molecule has 2 nitrogen and oxygen atoms in total. The Morgan fingerprint density at radius 2 is 1.69 bits per heavy atom. The molecule has 138 valence electrons. The molecule has 2 fully saturated rings. The van der Waals surface area contributed by atoms with Crippen molar-refractivity contribution in [3.8, 4) is 16.9 Å². The van der Waals surface area contributed by atoms with Gasteiger partial charge >= 0.3 is 0 Å². The van der Waals surface area contributed by atoms with Crippen LogP contribution in [0.2, 0.25) is 0 Å². The average Bonchev–Trinajstić information content (AvgIpc) is 3.47. The fourth-order valence-electron chi connectivity index (χ4n) is 4.21. The van der Waals surface area contributed by atoms with Crippen LogP contribution in [0.15, 0.2) is 42.5 Å². The van der Waals surface area contributed by atoms with Crippen molar-refractivity contribution < 1.29 is 9.50 Å². The van der Waals surface area contributed by atoms with E-state index in [9.17, 15) is 9.50 Å². The molecule has 1 aliphatic carbocycles. The minimum absolute atomic E-state index is 0.146. The van der Waals surface area contributed by atoms with E-state index >= 15 is 0 Å². The van der Waals surface area contributed by atoms with Crippen LogP contribution in [0.5, 0.6) is 5.75 Å². The number of likely N-dealkylation sites (tertiary alicyclic amines) is 1. The molecule has 1 aliphatic heterocycles. The molecule has 1 saturated heterocycles. The minimum Gasteiger partial charge on any atom is -0.507 e. The third-order valence-corrected chi connectivity index (χ3v) is 6.01. The molecule has 4 rings (SSSR count). The molecule has 1 saturated carbocycles. The van der Waals surface area contributed by atoms with Crippen LogP contribution in [-0.2, 0) is 6.42 Å². The van der Waals surface area contributed by atoms with Gasteiger partial charge in [0.15, 0.2) is 0 Å². The number of hydrogen-bond acceptors (Lipinski definition) is 2. The zero-order chi connectivity index (χ0) is 17.9. The highest BCUT2D eigenvalue weighted by Gasteiger charge is 2.27. The number of benzene rings is 2. The first-order chi connectivity index (χ1) is 12.7. The molecule has 2 aromatic carbocycles. The van der Waals surface area contributed by atoms with E-state index in [-0.39, 0.29) is 11.6 Å². The molecular formula is C23H28FNO. The molecule has 0 aromatic heterocycles. The van der Waals surface area contributed by atoms with Crippen molar-refractivity contribution in [3.63, 3.8) is 0 Å².